The van der Waals surface area contributed by atoms with Crippen LogP contribution in [0.4, 0.5) is 0 Å². The van der Waals surface area contributed by atoms with Gasteiger partial charge in [-0.3, -0.25) is 4.79 Å². The van der Waals surface area contributed by atoms with Crippen molar-refractivity contribution >= 4 is 16.7 Å². The molecule has 0 aliphatic carbocycles. The fourth-order valence-corrected chi connectivity index (χ4v) is 3.71. The van der Waals surface area contributed by atoms with Crippen LogP contribution >= 0.6 is 0 Å². The molecule has 1 fully saturated rings. The lowest BCUT2D eigenvalue weighted by atomic mass is 9.93. The third-order valence-electron chi connectivity index (χ3n) is 5.00. The first-order valence-electron chi connectivity index (χ1n) is 9.27. The van der Waals surface area contributed by atoms with E-state index in [1.54, 1.807) is 0 Å². The average molecular weight is 341 g/mol. The highest BCUT2D eigenvalue weighted by Gasteiger charge is 2.20. The number of fused-ring (bicyclic) bond motifs is 1. The number of likely N-dealkylation sites (tertiary alicyclic amines) is 1. The molecule has 4 heteroatoms. The van der Waals surface area contributed by atoms with Crippen molar-refractivity contribution in [1.82, 2.24) is 4.90 Å². The maximum Gasteiger partial charge on any atom is 0.303 e. The van der Waals surface area contributed by atoms with Crippen molar-refractivity contribution in [1.29, 1.82) is 0 Å². The van der Waals surface area contributed by atoms with Gasteiger partial charge in [0.05, 0.1) is 6.61 Å². The van der Waals surface area contributed by atoms with Crippen LogP contribution in [-0.4, -0.2) is 42.2 Å². The van der Waals surface area contributed by atoms with Gasteiger partial charge in [-0.05, 0) is 49.6 Å². The molecule has 1 N–H and O–H groups in total. The molecule has 1 aliphatic heterocycles. The molecule has 0 saturated carbocycles. The van der Waals surface area contributed by atoms with Crippen LogP contribution in [0.3, 0.4) is 0 Å². The first-order valence-corrected chi connectivity index (χ1v) is 9.27. The lowest BCUT2D eigenvalue weighted by Crippen LogP contribution is -2.36. The predicted molar refractivity (Wildman–Crippen MR) is 100 cm³/mol. The number of carbonyl (C=O) groups is 1. The highest BCUT2D eigenvalue weighted by molar-refractivity contribution is 5.88. The molecule has 1 saturated heterocycles. The van der Waals surface area contributed by atoms with Crippen LogP contribution in [0.25, 0.3) is 10.8 Å². The SMILES string of the molecule is O=C(O)CCC1CCCN(CCCOc2cccc3ccccc23)C1. The predicted octanol–water partition coefficient (Wildman–Crippen LogP) is 4.19. The van der Waals surface area contributed by atoms with Gasteiger partial charge in [-0.15, -0.1) is 0 Å². The lowest BCUT2D eigenvalue weighted by Gasteiger charge is -2.32. The third kappa shape index (κ3) is 5.20. The number of rotatable bonds is 8. The van der Waals surface area contributed by atoms with Crippen LogP contribution in [0.15, 0.2) is 42.5 Å². The molecule has 0 radical (unpaired) electrons. The molecule has 0 aromatic heterocycles. The van der Waals surface area contributed by atoms with Crippen LogP contribution in [0.2, 0.25) is 0 Å². The maximum atomic E-state index is 10.7. The van der Waals surface area contributed by atoms with Gasteiger partial charge in [0.25, 0.3) is 0 Å². The Kier molecular flexibility index (Phi) is 6.29. The molecule has 0 bridgehead atoms. The number of ether oxygens (including phenoxy) is 1. The van der Waals surface area contributed by atoms with Crippen molar-refractivity contribution in [3.63, 3.8) is 0 Å². The molecule has 1 heterocycles. The molecule has 4 nitrogen and oxygen atoms in total. The Morgan fingerprint density at radius 1 is 1.20 bits per heavy atom. The molecule has 0 spiro atoms. The summed E-state index contributed by atoms with van der Waals surface area (Å²) in [5.41, 5.74) is 0. The average Bonchev–Trinajstić information content (AvgIpc) is 2.64. The van der Waals surface area contributed by atoms with Crippen molar-refractivity contribution in [2.45, 2.75) is 32.1 Å². The Hall–Kier alpha value is -2.07. The van der Waals surface area contributed by atoms with Crippen molar-refractivity contribution < 1.29 is 14.6 Å². The minimum atomic E-state index is -0.680. The second kappa shape index (κ2) is 8.86. The molecule has 1 unspecified atom stereocenters. The minimum absolute atomic E-state index is 0.294. The summed E-state index contributed by atoms with van der Waals surface area (Å²) in [6, 6.07) is 14.5. The van der Waals surface area contributed by atoms with E-state index in [-0.39, 0.29) is 0 Å². The molecule has 1 aliphatic rings. The Labute approximate surface area is 149 Å². The Morgan fingerprint density at radius 3 is 2.92 bits per heavy atom. The summed E-state index contributed by atoms with van der Waals surface area (Å²) in [7, 11) is 0. The quantitative estimate of drug-likeness (QED) is 0.732. The Morgan fingerprint density at radius 2 is 2.04 bits per heavy atom. The summed E-state index contributed by atoms with van der Waals surface area (Å²) < 4.78 is 6.01. The monoisotopic (exact) mass is 341 g/mol. The summed E-state index contributed by atoms with van der Waals surface area (Å²) in [5.74, 6) is 0.806. The van der Waals surface area contributed by atoms with Gasteiger partial charge in [0.1, 0.15) is 5.75 Å². The van der Waals surface area contributed by atoms with Gasteiger partial charge < -0.3 is 14.7 Å². The topological polar surface area (TPSA) is 49.8 Å². The van der Waals surface area contributed by atoms with E-state index in [4.69, 9.17) is 9.84 Å². The van der Waals surface area contributed by atoms with Crippen LogP contribution in [-0.2, 0) is 4.79 Å². The van der Waals surface area contributed by atoms with Crippen LogP contribution in [0.5, 0.6) is 5.75 Å². The fraction of sp³-hybridized carbons (Fsp3) is 0.476. The van der Waals surface area contributed by atoms with E-state index in [1.807, 2.05) is 24.3 Å². The summed E-state index contributed by atoms with van der Waals surface area (Å²) in [5, 5.41) is 11.2. The zero-order valence-corrected chi connectivity index (χ0v) is 14.7. The third-order valence-corrected chi connectivity index (χ3v) is 5.00. The highest BCUT2D eigenvalue weighted by atomic mass is 16.5. The molecule has 3 rings (SSSR count). The summed E-state index contributed by atoms with van der Waals surface area (Å²) >= 11 is 0. The second-order valence-electron chi connectivity index (χ2n) is 6.92. The normalized spacial score (nSPS) is 18.3. The molecule has 134 valence electrons. The fourth-order valence-electron chi connectivity index (χ4n) is 3.71. The zero-order valence-electron chi connectivity index (χ0n) is 14.7. The van der Waals surface area contributed by atoms with Gasteiger partial charge in [-0.1, -0.05) is 36.4 Å². The number of carboxylic acids is 1. The van der Waals surface area contributed by atoms with E-state index in [0.29, 0.717) is 18.9 Å². The first-order chi connectivity index (χ1) is 12.2. The number of aliphatic carboxylic acids is 1. The number of hydrogen-bond acceptors (Lipinski definition) is 3. The maximum absolute atomic E-state index is 10.7. The zero-order chi connectivity index (χ0) is 17.5. The molecule has 2 aromatic carbocycles. The van der Waals surface area contributed by atoms with Gasteiger partial charge in [0, 0.05) is 24.9 Å². The molecule has 2 aromatic rings. The van der Waals surface area contributed by atoms with Crippen molar-refractivity contribution in [3.05, 3.63) is 42.5 Å². The molecule has 1 atom stereocenters. The van der Waals surface area contributed by atoms with Crippen molar-refractivity contribution in [3.8, 4) is 5.75 Å². The molecule has 0 amide bonds. The molecular weight excluding hydrogens is 314 g/mol. The number of piperidine rings is 1. The second-order valence-corrected chi connectivity index (χ2v) is 6.92. The first kappa shape index (κ1) is 17.7. The largest absolute Gasteiger partial charge is 0.493 e. The number of nitrogens with zero attached hydrogens (tertiary/aromatic N) is 1. The standard InChI is InChI=1S/C21H27NO3/c23-21(24)12-11-17-6-4-13-22(16-17)14-5-15-25-20-10-3-8-18-7-1-2-9-19(18)20/h1-3,7-10,17H,4-6,11-16H2,(H,23,24). The Bertz CT molecular complexity index is 695. The van der Waals surface area contributed by atoms with Crippen LogP contribution in [0, 0.1) is 5.92 Å². The van der Waals surface area contributed by atoms with Gasteiger partial charge >= 0.3 is 5.97 Å². The van der Waals surface area contributed by atoms with Crippen LogP contribution in [0.1, 0.15) is 32.1 Å². The summed E-state index contributed by atoms with van der Waals surface area (Å²) in [4.78, 5) is 13.2. The molecule has 25 heavy (non-hydrogen) atoms. The highest BCUT2D eigenvalue weighted by Crippen LogP contribution is 2.25. The van der Waals surface area contributed by atoms with Gasteiger partial charge in [-0.25, -0.2) is 0 Å². The van der Waals surface area contributed by atoms with E-state index in [9.17, 15) is 4.79 Å². The van der Waals surface area contributed by atoms with Crippen molar-refractivity contribution in [2.24, 2.45) is 5.92 Å². The lowest BCUT2D eigenvalue weighted by molar-refractivity contribution is -0.137. The van der Waals surface area contributed by atoms with Gasteiger partial charge in [0.2, 0.25) is 0 Å². The number of carboxylic acid groups (broad SMARTS) is 1. The Balaban J connectivity index is 1.43. The smallest absolute Gasteiger partial charge is 0.303 e. The molecular formula is C21H27NO3. The number of benzene rings is 2. The van der Waals surface area contributed by atoms with Crippen LogP contribution < -0.4 is 4.74 Å². The number of hydrogen-bond donors (Lipinski definition) is 1. The summed E-state index contributed by atoms with van der Waals surface area (Å²) in [6.07, 6.45) is 4.43. The van der Waals surface area contributed by atoms with Gasteiger partial charge in [0.15, 0.2) is 0 Å². The summed E-state index contributed by atoms with van der Waals surface area (Å²) in [6.45, 7) is 3.89. The van der Waals surface area contributed by atoms with E-state index in [0.717, 1.165) is 50.0 Å². The van der Waals surface area contributed by atoms with Crippen molar-refractivity contribution in [2.75, 3.05) is 26.2 Å². The minimum Gasteiger partial charge on any atom is -0.493 e. The van der Waals surface area contributed by atoms with E-state index in [1.165, 1.54) is 11.8 Å². The van der Waals surface area contributed by atoms with E-state index >= 15 is 0 Å². The van der Waals surface area contributed by atoms with Gasteiger partial charge in [-0.2, -0.15) is 0 Å². The van der Waals surface area contributed by atoms with E-state index < -0.39 is 5.97 Å². The van der Waals surface area contributed by atoms with E-state index in [2.05, 4.69) is 23.1 Å².